The maximum Gasteiger partial charge on any atom is 0.358 e. The van der Waals surface area contributed by atoms with Crippen molar-refractivity contribution in [3.8, 4) is 0 Å². The number of thiazole rings is 1. The summed E-state index contributed by atoms with van der Waals surface area (Å²) in [5.74, 6) is -0.383. The lowest BCUT2D eigenvalue weighted by atomic mass is 10.4. The molecule has 2 aromatic heterocycles. The summed E-state index contributed by atoms with van der Waals surface area (Å²) in [5.41, 5.74) is 1.23. The number of rotatable bonds is 5. The molecule has 19 heavy (non-hydrogen) atoms. The Morgan fingerprint density at radius 1 is 1.53 bits per heavy atom. The van der Waals surface area contributed by atoms with E-state index in [0.29, 0.717) is 24.0 Å². The minimum absolute atomic E-state index is 0.347. The van der Waals surface area contributed by atoms with E-state index in [-0.39, 0.29) is 5.97 Å². The first-order chi connectivity index (χ1) is 9.20. The van der Waals surface area contributed by atoms with Gasteiger partial charge in [-0.1, -0.05) is 0 Å². The van der Waals surface area contributed by atoms with Crippen molar-refractivity contribution in [1.82, 2.24) is 15.0 Å². The van der Waals surface area contributed by atoms with Crippen LogP contribution in [0.3, 0.4) is 0 Å². The fourth-order valence-corrected chi connectivity index (χ4v) is 2.25. The second kappa shape index (κ2) is 6.24. The average Bonchev–Trinajstić information content (AvgIpc) is 2.79. The summed E-state index contributed by atoms with van der Waals surface area (Å²) < 4.78 is 4.94. The van der Waals surface area contributed by atoms with Gasteiger partial charge >= 0.3 is 5.97 Å². The molecule has 0 aromatic carbocycles. The van der Waals surface area contributed by atoms with Crippen molar-refractivity contribution < 1.29 is 9.53 Å². The van der Waals surface area contributed by atoms with E-state index in [1.54, 1.807) is 13.1 Å². The van der Waals surface area contributed by atoms with E-state index < -0.39 is 0 Å². The van der Waals surface area contributed by atoms with Crippen LogP contribution in [0.25, 0.3) is 0 Å². The van der Waals surface area contributed by atoms with Crippen molar-refractivity contribution in [3.05, 3.63) is 34.9 Å². The molecule has 0 saturated heterocycles. The van der Waals surface area contributed by atoms with E-state index in [2.05, 4.69) is 20.3 Å². The van der Waals surface area contributed by atoms with E-state index in [4.69, 9.17) is 4.74 Å². The van der Waals surface area contributed by atoms with Gasteiger partial charge in [-0.05, 0) is 19.9 Å². The van der Waals surface area contributed by atoms with Gasteiger partial charge < -0.3 is 10.1 Å². The van der Waals surface area contributed by atoms with Crippen LogP contribution < -0.4 is 5.32 Å². The van der Waals surface area contributed by atoms with Crippen LogP contribution >= 0.6 is 11.3 Å². The molecule has 1 N–H and O–H groups in total. The van der Waals surface area contributed by atoms with Gasteiger partial charge in [0.2, 0.25) is 0 Å². The maximum absolute atomic E-state index is 11.6. The zero-order valence-electron chi connectivity index (χ0n) is 10.7. The van der Waals surface area contributed by atoms with E-state index in [9.17, 15) is 4.79 Å². The molecule has 6 nitrogen and oxygen atoms in total. The number of nitrogens with zero attached hydrogens (tertiary/aromatic N) is 3. The van der Waals surface area contributed by atoms with Crippen LogP contribution in [0.2, 0.25) is 0 Å². The number of carbonyl (C=O) groups is 1. The number of aryl methyl sites for hydroxylation is 1. The van der Waals surface area contributed by atoms with Gasteiger partial charge in [0.25, 0.3) is 0 Å². The number of aromatic nitrogens is 3. The van der Waals surface area contributed by atoms with Crippen molar-refractivity contribution in [3.63, 3.8) is 0 Å². The first-order valence-corrected chi connectivity index (χ1v) is 6.65. The third-order valence-electron chi connectivity index (χ3n) is 2.33. The van der Waals surface area contributed by atoms with Crippen LogP contribution in [0.5, 0.6) is 0 Å². The molecule has 0 aliphatic rings. The smallest absolute Gasteiger partial charge is 0.358 e. The predicted octanol–water partition coefficient (Wildman–Crippen LogP) is 2.03. The molecule has 2 aromatic rings. The third-order valence-corrected chi connectivity index (χ3v) is 3.26. The highest BCUT2D eigenvalue weighted by molar-refractivity contribution is 7.15. The van der Waals surface area contributed by atoms with Crippen LogP contribution in [0.4, 0.5) is 5.13 Å². The zero-order chi connectivity index (χ0) is 13.7. The highest BCUT2D eigenvalue weighted by Gasteiger charge is 2.16. The molecule has 0 aliphatic heterocycles. The Hall–Kier alpha value is -2.02. The Bertz CT molecular complexity index is 556. The van der Waals surface area contributed by atoms with E-state index in [0.717, 1.165) is 10.6 Å². The molecule has 0 unspecified atom stereocenters. The minimum atomic E-state index is -0.383. The van der Waals surface area contributed by atoms with Gasteiger partial charge in [0.1, 0.15) is 6.33 Å². The summed E-state index contributed by atoms with van der Waals surface area (Å²) in [6.07, 6.45) is 3.18. The van der Waals surface area contributed by atoms with Crippen LogP contribution in [0, 0.1) is 6.92 Å². The van der Waals surface area contributed by atoms with Gasteiger partial charge in [-0.15, -0.1) is 11.3 Å². The van der Waals surface area contributed by atoms with Gasteiger partial charge in [0.05, 0.1) is 18.8 Å². The van der Waals surface area contributed by atoms with Crippen LogP contribution in [0.1, 0.15) is 28.0 Å². The maximum atomic E-state index is 11.6. The molecule has 100 valence electrons. The fourth-order valence-electron chi connectivity index (χ4n) is 1.45. The Balaban J connectivity index is 2.02. The van der Waals surface area contributed by atoms with Crippen molar-refractivity contribution in [2.24, 2.45) is 0 Å². The molecule has 7 heteroatoms. The molecule has 0 atom stereocenters. The van der Waals surface area contributed by atoms with E-state index in [1.165, 1.54) is 17.7 Å². The number of ether oxygens (including phenoxy) is 1. The Labute approximate surface area is 114 Å². The van der Waals surface area contributed by atoms with Gasteiger partial charge in [-0.3, -0.25) is 0 Å². The molecule has 2 heterocycles. The minimum Gasteiger partial charge on any atom is -0.461 e. The van der Waals surface area contributed by atoms with Crippen molar-refractivity contribution in [2.45, 2.75) is 20.4 Å². The standard InChI is InChI=1S/C12H14N4O2S/c1-3-18-11(17)10-8(2)19-12(16-10)14-6-9-4-5-13-7-15-9/h4-5,7H,3,6H2,1-2H3,(H,14,16). The second-order valence-electron chi connectivity index (χ2n) is 3.70. The lowest BCUT2D eigenvalue weighted by Gasteiger charge is -2.00. The fraction of sp³-hybridized carbons (Fsp3) is 0.333. The molecule has 0 aliphatic carbocycles. The Kier molecular flexibility index (Phi) is 4.40. The highest BCUT2D eigenvalue weighted by atomic mass is 32.1. The second-order valence-corrected chi connectivity index (χ2v) is 4.90. The summed E-state index contributed by atoms with van der Waals surface area (Å²) in [7, 11) is 0. The van der Waals surface area contributed by atoms with Gasteiger partial charge in [0, 0.05) is 11.1 Å². The quantitative estimate of drug-likeness (QED) is 0.843. The molecular weight excluding hydrogens is 264 g/mol. The van der Waals surface area contributed by atoms with E-state index >= 15 is 0 Å². The summed E-state index contributed by atoms with van der Waals surface area (Å²) in [5, 5.41) is 3.81. The van der Waals surface area contributed by atoms with Crippen LogP contribution in [-0.2, 0) is 11.3 Å². The first-order valence-electron chi connectivity index (χ1n) is 5.84. The number of hydrogen-bond donors (Lipinski definition) is 1. The normalized spacial score (nSPS) is 10.2. The molecule has 0 fully saturated rings. The van der Waals surface area contributed by atoms with Crippen LogP contribution in [-0.4, -0.2) is 27.5 Å². The monoisotopic (exact) mass is 278 g/mol. The summed E-state index contributed by atoms with van der Waals surface area (Å²) >= 11 is 1.42. The number of carbonyl (C=O) groups excluding carboxylic acids is 1. The Morgan fingerprint density at radius 3 is 3.05 bits per heavy atom. The molecule has 0 saturated carbocycles. The highest BCUT2D eigenvalue weighted by Crippen LogP contribution is 2.23. The number of nitrogens with one attached hydrogen (secondary N) is 1. The van der Waals surface area contributed by atoms with Gasteiger partial charge in [0.15, 0.2) is 10.8 Å². The van der Waals surface area contributed by atoms with Gasteiger partial charge in [-0.25, -0.2) is 19.7 Å². The van der Waals surface area contributed by atoms with Crippen molar-refractivity contribution in [2.75, 3.05) is 11.9 Å². The molecule has 0 amide bonds. The first kappa shape index (κ1) is 13.4. The predicted molar refractivity (Wildman–Crippen MR) is 72.2 cm³/mol. The molecular formula is C12H14N4O2S. The Morgan fingerprint density at radius 2 is 2.37 bits per heavy atom. The molecule has 0 radical (unpaired) electrons. The molecule has 2 rings (SSSR count). The van der Waals surface area contributed by atoms with E-state index in [1.807, 2.05) is 13.0 Å². The average molecular weight is 278 g/mol. The lowest BCUT2D eigenvalue weighted by molar-refractivity contribution is 0.0519. The van der Waals surface area contributed by atoms with Gasteiger partial charge in [-0.2, -0.15) is 0 Å². The topological polar surface area (TPSA) is 77.0 Å². The SMILES string of the molecule is CCOC(=O)c1nc(NCc2ccncn2)sc1C. The number of hydrogen-bond acceptors (Lipinski definition) is 7. The van der Waals surface area contributed by atoms with Crippen LogP contribution in [0.15, 0.2) is 18.6 Å². The number of esters is 1. The van der Waals surface area contributed by atoms with Crippen molar-refractivity contribution >= 4 is 22.4 Å². The summed E-state index contributed by atoms with van der Waals surface area (Å²) in [6.45, 7) is 4.50. The summed E-state index contributed by atoms with van der Waals surface area (Å²) in [4.78, 5) is 24.6. The number of anilines is 1. The molecule has 0 spiro atoms. The zero-order valence-corrected chi connectivity index (χ0v) is 11.5. The summed E-state index contributed by atoms with van der Waals surface area (Å²) in [6, 6.07) is 1.82. The largest absolute Gasteiger partial charge is 0.461 e. The lowest BCUT2D eigenvalue weighted by Crippen LogP contribution is -2.07. The van der Waals surface area contributed by atoms with Crippen molar-refractivity contribution in [1.29, 1.82) is 0 Å². The third kappa shape index (κ3) is 3.47. The molecule has 0 bridgehead atoms.